The largest absolute Gasteiger partial charge is 0.426 e. The van der Waals surface area contributed by atoms with Crippen LogP contribution in [-0.2, 0) is 10.2 Å². The summed E-state index contributed by atoms with van der Waals surface area (Å²) < 4.78 is 6.62. The molecular formula is C18H25BrN2O2. The lowest BCUT2D eigenvalue weighted by molar-refractivity contribution is -0.143. The van der Waals surface area contributed by atoms with Gasteiger partial charge in [0.05, 0.1) is 17.3 Å². The predicted octanol–water partition coefficient (Wildman–Crippen LogP) is 3.77. The van der Waals surface area contributed by atoms with Crippen molar-refractivity contribution in [2.45, 2.75) is 45.7 Å². The maximum absolute atomic E-state index is 12.2. The molecule has 0 saturated carbocycles. The van der Waals surface area contributed by atoms with E-state index in [1.807, 2.05) is 26.8 Å². The van der Waals surface area contributed by atoms with Gasteiger partial charge in [0, 0.05) is 23.5 Å². The Balaban J connectivity index is 2.03. The summed E-state index contributed by atoms with van der Waals surface area (Å²) in [7, 11) is 4.31. The van der Waals surface area contributed by atoms with E-state index in [0.717, 1.165) is 17.4 Å². The first-order valence-electron chi connectivity index (χ1n) is 8.05. The third-order valence-corrected chi connectivity index (χ3v) is 5.77. The second kappa shape index (κ2) is 5.21. The molecule has 3 rings (SSSR count). The zero-order chi connectivity index (χ0) is 17.2. The topological polar surface area (TPSA) is 32.8 Å². The molecule has 2 aliphatic heterocycles. The number of benzene rings is 1. The van der Waals surface area contributed by atoms with Crippen molar-refractivity contribution in [1.82, 2.24) is 4.90 Å². The highest BCUT2D eigenvalue weighted by Crippen LogP contribution is 2.54. The van der Waals surface area contributed by atoms with E-state index in [1.165, 1.54) is 11.3 Å². The number of halogens is 1. The minimum atomic E-state index is -0.512. The molecule has 0 bridgehead atoms. The highest BCUT2D eigenvalue weighted by molar-refractivity contribution is 9.10. The Hall–Kier alpha value is -1.07. The van der Waals surface area contributed by atoms with Crippen molar-refractivity contribution in [3.63, 3.8) is 0 Å². The van der Waals surface area contributed by atoms with E-state index in [2.05, 4.69) is 52.8 Å². The van der Waals surface area contributed by atoms with Crippen molar-refractivity contribution in [3.8, 4) is 5.75 Å². The summed E-state index contributed by atoms with van der Waals surface area (Å²) in [5.74, 6) is 0.418. The lowest BCUT2D eigenvalue weighted by Crippen LogP contribution is -2.45. The molecule has 126 valence electrons. The maximum atomic E-state index is 12.2. The fourth-order valence-electron chi connectivity index (χ4n) is 3.95. The number of likely N-dealkylation sites (tertiary alicyclic amines) is 1. The van der Waals surface area contributed by atoms with Gasteiger partial charge in [0.2, 0.25) is 0 Å². The van der Waals surface area contributed by atoms with Crippen LogP contribution in [0.2, 0.25) is 0 Å². The van der Waals surface area contributed by atoms with Gasteiger partial charge in [-0.1, -0.05) is 6.92 Å². The van der Waals surface area contributed by atoms with Gasteiger partial charge in [0.25, 0.3) is 0 Å². The number of rotatable bonds is 1. The summed E-state index contributed by atoms with van der Waals surface area (Å²) in [6.45, 7) is 9.00. The summed E-state index contributed by atoms with van der Waals surface area (Å²) >= 11 is 3.68. The monoisotopic (exact) mass is 380 g/mol. The van der Waals surface area contributed by atoms with E-state index in [0.29, 0.717) is 11.9 Å². The van der Waals surface area contributed by atoms with Crippen molar-refractivity contribution < 1.29 is 9.53 Å². The lowest BCUT2D eigenvalue weighted by Gasteiger charge is -2.32. The van der Waals surface area contributed by atoms with Crippen LogP contribution < -0.4 is 9.64 Å². The summed E-state index contributed by atoms with van der Waals surface area (Å²) in [5, 5.41) is 0. The van der Waals surface area contributed by atoms with Gasteiger partial charge in [-0.15, -0.1) is 0 Å². The molecule has 0 aliphatic carbocycles. The molecule has 2 aliphatic rings. The van der Waals surface area contributed by atoms with E-state index in [9.17, 15) is 4.79 Å². The van der Waals surface area contributed by atoms with Crippen LogP contribution in [0.1, 0.15) is 39.7 Å². The van der Waals surface area contributed by atoms with Gasteiger partial charge in [-0.3, -0.25) is 9.69 Å². The first kappa shape index (κ1) is 16.8. The third kappa shape index (κ3) is 2.49. The Morgan fingerprint density at radius 1 is 1.35 bits per heavy atom. The van der Waals surface area contributed by atoms with Crippen molar-refractivity contribution in [1.29, 1.82) is 0 Å². The van der Waals surface area contributed by atoms with E-state index >= 15 is 0 Å². The van der Waals surface area contributed by atoms with Gasteiger partial charge in [0.1, 0.15) is 5.75 Å². The average Bonchev–Trinajstić information content (AvgIpc) is 2.84. The van der Waals surface area contributed by atoms with Gasteiger partial charge in [-0.25, -0.2) is 0 Å². The van der Waals surface area contributed by atoms with E-state index in [4.69, 9.17) is 4.74 Å². The molecule has 2 atom stereocenters. The van der Waals surface area contributed by atoms with Crippen LogP contribution in [0.25, 0.3) is 0 Å². The van der Waals surface area contributed by atoms with Crippen LogP contribution in [0.5, 0.6) is 5.75 Å². The number of carbonyl (C=O) groups excluding carboxylic acids is 1. The molecule has 0 aromatic heterocycles. The van der Waals surface area contributed by atoms with Gasteiger partial charge < -0.3 is 9.64 Å². The Morgan fingerprint density at radius 3 is 2.61 bits per heavy atom. The van der Waals surface area contributed by atoms with E-state index in [1.54, 1.807) is 0 Å². The predicted molar refractivity (Wildman–Crippen MR) is 96.0 cm³/mol. The molecule has 23 heavy (non-hydrogen) atoms. The fraction of sp³-hybridized carbons (Fsp3) is 0.611. The standard InChI is InChI=1S/C18H25BrN2O2/c1-17(2,3)16(22)23-11-9-12-14(13(19)10-11)21(6)15-18(12,4)7-8-20(15)5/h9-10,15H,7-8H2,1-6H3/t15?,18-/m0/s1. The number of fused-ring (bicyclic) bond motifs is 3. The van der Waals surface area contributed by atoms with Gasteiger partial charge >= 0.3 is 5.97 Å². The number of carbonyl (C=O) groups is 1. The number of hydrogen-bond acceptors (Lipinski definition) is 4. The molecule has 0 amide bonds. The molecule has 1 aromatic carbocycles. The number of likely N-dealkylation sites (N-methyl/N-ethyl adjacent to an activating group) is 2. The van der Waals surface area contributed by atoms with Gasteiger partial charge in [-0.05, 0) is 67.9 Å². The summed E-state index contributed by atoms with van der Waals surface area (Å²) in [5.41, 5.74) is 2.02. The molecule has 1 aromatic rings. The molecule has 0 N–H and O–H groups in total. The SMILES string of the molecule is CN1CC[C@@]2(C)c3cc(OC(=O)C(C)(C)C)cc(Br)c3N(C)C12. The minimum Gasteiger partial charge on any atom is -0.426 e. The molecule has 4 nitrogen and oxygen atoms in total. The maximum Gasteiger partial charge on any atom is 0.316 e. The summed E-state index contributed by atoms with van der Waals surface area (Å²) in [6.07, 6.45) is 1.46. The van der Waals surface area contributed by atoms with Crippen molar-refractivity contribution in [2.75, 3.05) is 25.5 Å². The lowest BCUT2D eigenvalue weighted by atomic mass is 9.81. The second-order valence-corrected chi connectivity index (χ2v) is 8.93. The van der Waals surface area contributed by atoms with Crippen LogP contribution in [0.15, 0.2) is 16.6 Å². The highest BCUT2D eigenvalue weighted by Gasteiger charge is 2.53. The Labute approximate surface area is 146 Å². The van der Waals surface area contributed by atoms with Crippen LogP contribution in [0.4, 0.5) is 5.69 Å². The van der Waals surface area contributed by atoms with Crippen LogP contribution in [0.3, 0.4) is 0 Å². The zero-order valence-corrected chi connectivity index (χ0v) is 16.3. The number of hydrogen-bond donors (Lipinski definition) is 0. The third-order valence-electron chi connectivity index (χ3n) is 5.17. The normalized spacial score (nSPS) is 27.1. The quantitative estimate of drug-likeness (QED) is 0.548. The number of ether oxygens (including phenoxy) is 1. The van der Waals surface area contributed by atoms with Crippen LogP contribution in [0, 0.1) is 5.41 Å². The number of anilines is 1. The van der Waals surface area contributed by atoms with Gasteiger partial charge in [-0.2, -0.15) is 0 Å². The summed E-state index contributed by atoms with van der Waals surface area (Å²) in [6, 6.07) is 3.96. The minimum absolute atomic E-state index is 0.0610. The first-order chi connectivity index (χ1) is 10.6. The molecule has 5 heteroatoms. The van der Waals surface area contributed by atoms with Crippen molar-refractivity contribution >= 4 is 27.6 Å². The van der Waals surface area contributed by atoms with Crippen molar-refractivity contribution in [3.05, 3.63) is 22.2 Å². The Morgan fingerprint density at radius 2 is 2.00 bits per heavy atom. The molecular weight excluding hydrogens is 356 g/mol. The Kier molecular flexibility index (Phi) is 3.80. The molecule has 2 heterocycles. The van der Waals surface area contributed by atoms with Crippen LogP contribution >= 0.6 is 15.9 Å². The summed E-state index contributed by atoms with van der Waals surface area (Å²) in [4.78, 5) is 16.9. The average molecular weight is 381 g/mol. The van der Waals surface area contributed by atoms with Crippen molar-refractivity contribution in [2.24, 2.45) is 5.41 Å². The van der Waals surface area contributed by atoms with E-state index in [-0.39, 0.29) is 11.4 Å². The zero-order valence-electron chi connectivity index (χ0n) is 14.7. The van der Waals surface area contributed by atoms with E-state index < -0.39 is 5.41 Å². The fourth-order valence-corrected chi connectivity index (χ4v) is 4.67. The number of nitrogens with zero attached hydrogens (tertiary/aromatic N) is 2. The Bertz CT molecular complexity index is 668. The second-order valence-electron chi connectivity index (χ2n) is 8.07. The molecule has 1 saturated heterocycles. The highest BCUT2D eigenvalue weighted by atomic mass is 79.9. The molecule has 0 radical (unpaired) electrons. The molecule has 1 unspecified atom stereocenters. The van der Waals surface area contributed by atoms with Crippen LogP contribution in [-0.4, -0.2) is 37.7 Å². The smallest absolute Gasteiger partial charge is 0.316 e. The number of esters is 1. The van der Waals surface area contributed by atoms with Gasteiger partial charge in [0.15, 0.2) is 0 Å². The molecule has 0 spiro atoms. The first-order valence-corrected chi connectivity index (χ1v) is 8.84. The molecule has 1 fully saturated rings.